The maximum Gasteiger partial charge on any atom is 0.322 e. The molecule has 0 aliphatic heterocycles. The Kier molecular flexibility index (Phi) is 25.3. The predicted molar refractivity (Wildman–Crippen MR) is 221 cm³/mol. The molecule has 0 aromatic heterocycles. The van der Waals surface area contributed by atoms with Crippen LogP contribution in [0.5, 0.6) is 0 Å². The number of aliphatic carboxylic acids is 1. The van der Waals surface area contributed by atoms with Gasteiger partial charge in [-0.15, -0.1) is 0 Å². The van der Waals surface area contributed by atoms with Gasteiger partial charge in [-0.2, -0.15) is 0 Å². The molecule has 0 aliphatic rings. The van der Waals surface area contributed by atoms with Crippen LogP contribution in [-0.2, 0) is 38.4 Å². The summed E-state index contributed by atoms with van der Waals surface area (Å²) in [6, 6.07) is -7.32. The van der Waals surface area contributed by atoms with Crippen molar-refractivity contribution in [3.05, 3.63) is 0 Å². The van der Waals surface area contributed by atoms with Gasteiger partial charge in [0.2, 0.25) is 41.4 Å². The van der Waals surface area contributed by atoms with Crippen LogP contribution in [0.4, 0.5) is 0 Å². The molecule has 18 nitrogen and oxygen atoms in total. The molecule has 0 rings (SSSR count). The molecule has 18 heteroatoms. The van der Waals surface area contributed by atoms with Gasteiger partial charge in [0, 0.05) is 0 Å². The Hall–Kier alpha value is -4.32. The van der Waals surface area contributed by atoms with Crippen molar-refractivity contribution in [3.8, 4) is 0 Å². The fourth-order valence-corrected chi connectivity index (χ4v) is 5.94. The van der Waals surface area contributed by atoms with Gasteiger partial charge in [-0.1, -0.05) is 75.7 Å². The number of carboxylic acid groups (broad SMARTS) is 1. The van der Waals surface area contributed by atoms with Crippen LogP contribution < -0.4 is 48.7 Å². The zero-order valence-corrected chi connectivity index (χ0v) is 36.7. The molecule has 0 spiro atoms. The summed E-state index contributed by atoms with van der Waals surface area (Å²) in [5, 5.41) is 27.3. The molecule has 334 valence electrons. The lowest BCUT2D eigenvalue weighted by Crippen LogP contribution is -2.60. The lowest BCUT2D eigenvalue weighted by Gasteiger charge is -2.29. The normalized spacial score (nSPS) is 15.6. The molecule has 0 radical (unpaired) electrons. The van der Waals surface area contributed by atoms with Crippen molar-refractivity contribution in [1.82, 2.24) is 37.2 Å². The molecule has 58 heavy (non-hydrogen) atoms. The number of amides is 7. The second-order valence-corrected chi connectivity index (χ2v) is 16.9. The van der Waals surface area contributed by atoms with Gasteiger partial charge < -0.3 is 53.8 Å². The fraction of sp³-hybridized carbons (Fsp3) is 0.800. The summed E-state index contributed by atoms with van der Waals surface area (Å²) in [5.74, 6) is -6.31. The maximum atomic E-state index is 14.0. The SMILES string of the molecule is CCC(C)C(N)C(=O)NC(CC(C)C)C(=O)NC(CC(C)C)C(=O)NC(CC(C)C)C(=O)NC(CCCCN)C(=O)NC(C(=O)NC(C)C(=O)NCC(=O)O)C(C)C. The molecular formula is C40H75N9O9. The van der Waals surface area contributed by atoms with Crippen molar-refractivity contribution in [2.45, 2.75) is 163 Å². The molecule has 0 fully saturated rings. The number of carbonyl (C=O) groups is 8. The Morgan fingerprint density at radius 1 is 0.534 bits per heavy atom. The summed E-state index contributed by atoms with van der Waals surface area (Å²) < 4.78 is 0. The predicted octanol–water partition coefficient (Wildman–Crippen LogP) is 0.413. The number of rotatable bonds is 28. The third-order valence-electron chi connectivity index (χ3n) is 9.57. The lowest BCUT2D eigenvalue weighted by atomic mass is 9.97. The molecule has 0 saturated carbocycles. The Labute approximate surface area is 345 Å². The van der Waals surface area contributed by atoms with Crippen LogP contribution in [0.1, 0.15) is 121 Å². The van der Waals surface area contributed by atoms with Crippen LogP contribution in [0.25, 0.3) is 0 Å². The van der Waals surface area contributed by atoms with E-state index in [0.717, 1.165) is 0 Å². The van der Waals surface area contributed by atoms with Crippen molar-refractivity contribution in [3.63, 3.8) is 0 Å². The monoisotopic (exact) mass is 826 g/mol. The van der Waals surface area contributed by atoms with E-state index in [1.54, 1.807) is 13.8 Å². The van der Waals surface area contributed by atoms with E-state index in [-0.39, 0.29) is 42.9 Å². The van der Waals surface area contributed by atoms with Crippen molar-refractivity contribution in [2.75, 3.05) is 13.1 Å². The lowest BCUT2D eigenvalue weighted by molar-refractivity contribution is -0.138. The second kappa shape index (κ2) is 27.4. The molecular weight excluding hydrogens is 750 g/mol. The van der Waals surface area contributed by atoms with E-state index in [1.165, 1.54) is 6.92 Å². The van der Waals surface area contributed by atoms with E-state index in [9.17, 15) is 38.4 Å². The maximum absolute atomic E-state index is 14.0. The van der Waals surface area contributed by atoms with Crippen LogP contribution in [-0.4, -0.2) is 108 Å². The van der Waals surface area contributed by atoms with Crippen molar-refractivity contribution in [1.29, 1.82) is 0 Å². The van der Waals surface area contributed by atoms with Gasteiger partial charge in [0.25, 0.3) is 0 Å². The molecule has 8 unspecified atom stereocenters. The Balaban J connectivity index is 6.30. The summed E-state index contributed by atoms with van der Waals surface area (Å²) in [7, 11) is 0. The summed E-state index contributed by atoms with van der Waals surface area (Å²) in [5.41, 5.74) is 11.8. The Bertz CT molecular complexity index is 1360. The van der Waals surface area contributed by atoms with Crippen molar-refractivity contribution < 1.29 is 43.5 Å². The van der Waals surface area contributed by atoms with E-state index in [0.29, 0.717) is 32.2 Å². The summed E-state index contributed by atoms with van der Waals surface area (Å²) in [6.45, 7) is 19.5. The quantitative estimate of drug-likeness (QED) is 0.0482. The van der Waals surface area contributed by atoms with E-state index >= 15 is 0 Å². The first-order valence-electron chi connectivity index (χ1n) is 20.7. The average Bonchev–Trinajstić information content (AvgIpc) is 3.12. The van der Waals surface area contributed by atoms with Gasteiger partial charge in [0.05, 0.1) is 6.04 Å². The molecule has 7 amide bonds. The highest BCUT2D eigenvalue weighted by Crippen LogP contribution is 2.14. The van der Waals surface area contributed by atoms with Crippen molar-refractivity contribution in [2.24, 2.45) is 41.1 Å². The van der Waals surface area contributed by atoms with E-state index in [4.69, 9.17) is 16.6 Å². The zero-order valence-electron chi connectivity index (χ0n) is 36.7. The fourth-order valence-electron chi connectivity index (χ4n) is 5.94. The van der Waals surface area contributed by atoms with Crippen LogP contribution in [0, 0.1) is 29.6 Å². The highest BCUT2D eigenvalue weighted by Gasteiger charge is 2.35. The standard InChI is InChI=1S/C40H75N9O9/c1-12-25(10)32(42)39(57)48-30(19-23(6)7)38(56)47-29(18-22(4)5)37(55)46-28(17-21(2)3)36(54)45-27(15-13-14-16-41)35(53)49-33(24(8)9)40(58)44-26(11)34(52)43-20-31(50)51/h21-30,32-33H,12-20,41-42H2,1-11H3,(H,43,52)(H,44,58)(H,45,54)(H,46,55)(H,47,56)(H,48,57)(H,49,53)(H,50,51). The third-order valence-corrected chi connectivity index (χ3v) is 9.57. The van der Waals surface area contributed by atoms with Crippen LogP contribution >= 0.6 is 0 Å². The van der Waals surface area contributed by atoms with Gasteiger partial charge in [0.1, 0.15) is 42.8 Å². The van der Waals surface area contributed by atoms with Crippen LogP contribution in [0.15, 0.2) is 0 Å². The molecule has 0 aliphatic carbocycles. The number of carbonyl (C=O) groups excluding carboxylic acids is 7. The molecule has 0 aromatic carbocycles. The minimum Gasteiger partial charge on any atom is -0.480 e. The largest absolute Gasteiger partial charge is 0.480 e. The highest BCUT2D eigenvalue weighted by molar-refractivity contribution is 5.97. The Morgan fingerprint density at radius 3 is 1.33 bits per heavy atom. The first-order valence-corrected chi connectivity index (χ1v) is 20.7. The van der Waals surface area contributed by atoms with Crippen LogP contribution in [0.3, 0.4) is 0 Å². The number of nitrogens with two attached hydrogens (primary N) is 2. The molecule has 12 N–H and O–H groups in total. The summed E-state index contributed by atoms with van der Waals surface area (Å²) in [4.78, 5) is 105. The molecule has 0 heterocycles. The molecule has 8 atom stereocenters. The first kappa shape index (κ1) is 53.7. The molecule has 0 aromatic rings. The van der Waals surface area contributed by atoms with Gasteiger partial charge in [-0.3, -0.25) is 38.4 Å². The van der Waals surface area contributed by atoms with Gasteiger partial charge in [-0.25, -0.2) is 0 Å². The van der Waals surface area contributed by atoms with Gasteiger partial charge >= 0.3 is 5.97 Å². The highest BCUT2D eigenvalue weighted by atomic mass is 16.4. The molecule has 0 bridgehead atoms. The van der Waals surface area contributed by atoms with E-state index in [1.807, 2.05) is 55.4 Å². The zero-order chi connectivity index (χ0) is 44.9. The summed E-state index contributed by atoms with van der Waals surface area (Å²) >= 11 is 0. The average molecular weight is 826 g/mol. The second-order valence-electron chi connectivity index (χ2n) is 16.9. The summed E-state index contributed by atoms with van der Waals surface area (Å²) in [6.07, 6.45) is 2.54. The first-order chi connectivity index (χ1) is 26.9. The van der Waals surface area contributed by atoms with Gasteiger partial charge in [0.15, 0.2) is 0 Å². The third kappa shape index (κ3) is 20.9. The topological polar surface area (TPSA) is 293 Å². The Morgan fingerprint density at radius 2 is 0.948 bits per heavy atom. The number of hydrogen-bond acceptors (Lipinski definition) is 10. The molecule has 0 saturated heterocycles. The van der Waals surface area contributed by atoms with Gasteiger partial charge in [-0.05, 0) is 81.6 Å². The number of unbranched alkanes of at least 4 members (excludes halogenated alkanes) is 1. The smallest absolute Gasteiger partial charge is 0.322 e. The number of hydrogen-bond donors (Lipinski definition) is 10. The van der Waals surface area contributed by atoms with E-state index < -0.39 is 102 Å². The minimum atomic E-state index is -1.25. The minimum absolute atomic E-state index is 0.0214. The van der Waals surface area contributed by atoms with Crippen molar-refractivity contribution >= 4 is 47.3 Å². The number of nitrogens with one attached hydrogen (secondary N) is 7. The number of carboxylic acids is 1. The van der Waals surface area contributed by atoms with Crippen LogP contribution in [0.2, 0.25) is 0 Å². The van der Waals surface area contributed by atoms with E-state index in [2.05, 4.69) is 37.2 Å².